The number of aldehydes is 2. The maximum absolute atomic E-state index is 12.5. The van der Waals surface area contributed by atoms with Crippen LogP contribution in [0.25, 0.3) is 0 Å². The van der Waals surface area contributed by atoms with Gasteiger partial charge >= 0.3 is 0 Å². The number of benzene rings is 1. The molecule has 1 rings (SSSR count). The quantitative estimate of drug-likeness (QED) is 0.773. The molecule has 1 aromatic carbocycles. The normalized spacial score (nSPS) is 10.7. The fraction of sp³-hybridized carbons (Fsp3) is 0.444. The highest BCUT2D eigenvalue weighted by atomic mass is 16.2. The average molecular weight is 334 g/mol. The summed E-state index contributed by atoms with van der Waals surface area (Å²) in [6.45, 7) is 5.74. The van der Waals surface area contributed by atoms with Crippen LogP contribution in [0.5, 0.6) is 0 Å². The zero-order chi connectivity index (χ0) is 18.7. The molecule has 0 saturated heterocycles. The molecule has 0 bridgehead atoms. The molecular weight excluding hydrogens is 308 g/mol. The third-order valence-corrected chi connectivity index (χ3v) is 3.59. The van der Waals surface area contributed by atoms with Crippen LogP contribution in [0.3, 0.4) is 0 Å². The van der Waals surface area contributed by atoms with E-state index in [1.807, 2.05) is 13.8 Å². The van der Waals surface area contributed by atoms with Gasteiger partial charge in [0, 0.05) is 26.1 Å². The molecule has 6 heteroatoms. The molecule has 0 saturated carbocycles. The van der Waals surface area contributed by atoms with E-state index in [-0.39, 0.29) is 24.3 Å². The van der Waals surface area contributed by atoms with E-state index in [2.05, 4.69) is 5.32 Å². The topological polar surface area (TPSA) is 83.6 Å². The van der Waals surface area contributed by atoms with E-state index in [9.17, 15) is 19.2 Å². The predicted octanol–water partition coefficient (Wildman–Crippen LogP) is 2.00. The monoisotopic (exact) mass is 334 g/mol. The maximum atomic E-state index is 12.5. The van der Waals surface area contributed by atoms with Crippen LogP contribution in [-0.4, -0.2) is 49.4 Å². The molecule has 24 heavy (non-hydrogen) atoms. The van der Waals surface area contributed by atoms with Crippen molar-refractivity contribution in [2.45, 2.75) is 39.7 Å². The first-order chi connectivity index (χ1) is 11.5. The summed E-state index contributed by atoms with van der Waals surface area (Å²) < 4.78 is 0. The van der Waals surface area contributed by atoms with Crippen molar-refractivity contribution in [2.24, 2.45) is 0 Å². The zero-order valence-corrected chi connectivity index (χ0v) is 15.0. The third kappa shape index (κ3) is 5.61. The number of hydrogen-bond acceptors (Lipinski definition) is 4. The Labute approximate surface area is 143 Å². The molecule has 132 valence electrons. The minimum atomic E-state index is -0.718. The Morgan fingerprint density at radius 1 is 1.25 bits per heavy atom. The molecule has 1 N–H and O–H groups in total. The molecule has 0 aromatic heterocycles. The van der Waals surface area contributed by atoms with Crippen LogP contribution in [0, 0.1) is 6.92 Å². The van der Waals surface area contributed by atoms with Gasteiger partial charge in [0.25, 0.3) is 5.91 Å². The van der Waals surface area contributed by atoms with E-state index in [0.717, 1.165) is 0 Å². The average Bonchev–Trinajstić information content (AvgIpc) is 2.62. The highest BCUT2D eigenvalue weighted by molar-refractivity contribution is 6.02. The Morgan fingerprint density at radius 2 is 1.88 bits per heavy atom. The second-order valence-corrected chi connectivity index (χ2v) is 4.99. The Balaban J connectivity index is 0.00000254. The van der Waals surface area contributed by atoms with Crippen LogP contribution in [0.15, 0.2) is 18.2 Å². The van der Waals surface area contributed by atoms with Gasteiger partial charge in [-0.05, 0) is 25.0 Å². The molecule has 1 atom stereocenters. The first-order valence-electron chi connectivity index (χ1n) is 7.94. The summed E-state index contributed by atoms with van der Waals surface area (Å²) in [6, 6.07) is 4.26. The number of likely N-dealkylation sites (N-methyl/N-ethyl adjacent to an activating group) is 1. The van der Waals surface area contributed by atoms with Crippen molar-refractivity contribution in [2.75, 3.05) is 14.1 Å². The van der Waals surface area contributed by atoms with Crippen molar-refractivity contribution in [3.63, 3.8) is 0 Å². The fourth-order valence-corrected chi connectivity index (χ4v) is 2.12. The summed E-state index contributed by atoms with van der Waals surface area (Å²) in [5.41, 5.74) is 1.27. The van der Waals surface area contributed by atoms with Crippen molar-refractivity contribution in [3.8, 4) is 0 Å². The first kappa shape index (κ1) is 21.5. The summed E-state index contributed by atoms with van der Waals surface area (Å²) in [7, 11) is 3.00. The molecule has 1 aromatic rings. The van der Waals surface area contributed by atoms with Crippen LogP contribution in [0.4, 0.5) is 0 Å². The number of amides is 2. The molecule has 6 nitrogen and oxygen atoms in total. The van der Waals surface area contributed by atoms with Gasteiger partial charge in [0.2, 0.25) is 5.91 Å². The van der Waals surface area contributed by atoms with Gasteiger partial charge in [-0.25, -0.2) is 0 Å². The van der Waals surface area contributed by atoms with Crippen molar-refractivity contribution in [3.05, 3.63) is 34.9 Å². The predicted molar refractivity (Wildman–Crippen MR) is 93.2 cm³/mol. The summed E-state index contributed by atoms with van der Waals surface area (Å²) >= 11 is 0. The van der Waals surface area contributed by atoms with Gasteiger partial charge in [-0.15, -0.1) is 0 Å². The van der Waals surface area contributed by atoms with Crippen LogP contribution < -0.4 is 5.32 Å². The lowest BCUT2D eigenvalue weighted by molar-refractivity contribution is -0.121. The smallest absolute Gasteiger partial charge is 0.254 e. The molecule has 0 heterocycles. The molecule has 0 fully saturated rings. The number of nitrogens with one attached hydrogen (secondary N) is 1. The summed E-state index contributed by atoms with van der Waals surface area (Å²) in [5, 5.41) is 2.47. The van der Waals surface area contributed by atoms with Crippen LogP contribution in [0.1, 0.15) is 53.0 Å². The van der Waals surface area contributed by atoms with Crippen LogP contribution in [0.2, 0.25) is 0 Å². The molecule has 0 aliphatic rings. The van der Waals surface area contributed by atoms with E-state index in [1.54, 1.807) is 25.1 Å². The first-order valence-corrected chi connectivity index (χ1v) is 7.94. The van der Waals surface area contributed by atoms with Gasteiger partial charge in [-0.2, -0.15) is 0 Å². The fourth-order valence-electron chi connectivity index (χ4n) is 2.12. The summed E-state index contributed by atoms with van der Waals surface area (Å²) in [6.07, 6.45) is 1.65. The second-order valence-electron chi connectivity index (χ2n) is 4.99. The Kier molecular flexibility index (Phi) is 9.94. The highest BCUT2D eigenvalue weighted by Gasteiger charge is 2.23. The van der Waals surface area contributed by atoms with E-state index < -0.39 is 11.9 Å². The van der Waals surface area contributed by atoms with Crippen molar-refractivity contribution >= 4 is 24.4 Å². The minimum absolute atomic E-state index is 0.145. The number of carbonyl (C=O) groups excluding carboxylic acids is 4. The van der Waals surface area contributed by atoms with E-state index >= 15 is 0 Å². The third-order valence-electron chi connectivity index (χ3n) is 3.59. The molecule has 0 spiro atoms. The van der Waals surface area contributed by atoms with Gasteiger partial charge in [-0.1, -0.05) is 26.0 Å². The Bertz CT molecular complexity index is 584. The highest BCUT2D eigenvalue weighted by Crippen LogP contribution is 2.16. The minimum Gasteiger partial charge on any atom is -0.359 e. The number of hydrogen-bond donors (Lipinski definition) is 1. The SMILES string of the molecule is CC.CNC(=O)CCC(C=O)N(C)C(=O)c1cccc(C)c1C=O. The maximum Gasteiger partial charge on any atom is 0.254 e. The van der Waals surface area contributed by atoms with Crippen LogP contribution in [-0.2, 0) is 9.59 Å². The van der Waals surface area contributed by atoms with Crippen molar-refractivity contribution in [1.29, 1.82) is 0 Å². The molecule has 0 aliphatic carbocycles. The van der Waals surface area contributed by atoms with E-state index in [1.165, 1.54) is 19.0 Å². The summed E-state index contributed by atoms with van der Waals surface area (Å²) in [5.74, 6) is -0.614. The molecule has 1 unspecified atom stereocenters. The Morgan fingerprint density at radius 3 is 2.38 bits per heavy atom. The number of rotatable bonds is 7. The lowest BCUT2D eigenvalue weighted by Gasteiger charge is -2.24. The molecule has 0 radical (unpaired) electrons. The van der Waals surface area contributed by atoms with Crippen LogP contribution >= 0.6 is 0 Å². The molecule has 2 amide bonds. The standard InChI is InChI=1S/C16H20N2O4.C2H6/c1-11-5-4-6-13(14(11)10-20)16(22)18(3)12(9-19)7-8-15(21)17-2;1-2/h4-6,9-10,12H,7-8H2,1-3H3,(H,17,21);1-2H3. The summed E-state index contributed by atoms with van der Waals surface area (Å²) in [4.78, 5) is 47.4. The van der Waals surface area contributed by atoms with Gasteiger partial charge < -0.3 is 15.0 Å². The van der Waals surface area contributed by atoms with Crippen molar-refractivity contribution in [1.82, 2.24) is 10.2 Å². The lowest BCUT2D eigenvalue weighted by atomic mass is 10.0. The van der Waals surface area contributed by atoms with E-state index in [0.29, 0.717) is 23.7 Å². The van der Waals surface area contributed by atoms with Gasteiger partial charge in [0.1, 0.15) is 6.29 Å². The largest absolute Gasteiger partial charge is 0.359 e. The van der Waals surface area contributed by atoms with Gasteiger partial charge in [0.05, 0.1) is 11.6 Å². The number of nitrogens with zero attached hydrogens (tertiary/aromatic N) is 1. The zero-order valence-electron chi connectivity index (χ0n) is 15.0. The van der Waals surface area contributed by atoms with E-state index in [4.69, 9.17) is 0 Å². The van der Waals surface area contributed by atoms with Crippen molar-refractivity contribution < 1.29 is 19.2 Å². The molecule has 0 aliphatic heterocycles. The number of aryl methyl sites for hydroxylation is 1. The number of carbonyl (C=O) groups is 4. The second kappa shape index (κ2) is 11.1. The Hall–Kier alpha value is -2.50. The van der Waals surface area contributed by atoms with Gasteiger partial charge in [0.15, 0.2) is 6.29 Å². The molecular formula is C18H26N2O4. The lowest BCUT2D eigenvalue weighted by Crippen LogP contribution is -2.39. The van der Waals surface area contributed by atoms with Gasteiger partial charge in [-0.3, -0.25) is 14.4 Å².